The Morgan fingerprint density at radius 1 is 0.227 bits per heavy atom. The number of hydrogen-bond donors (Lipinski definition) is 0. The van der Waals surface area contributed by atoms with E-state index in [4.69, 9.17) is 19.9 Å². The summed E-state index contributed by atoms with van der Waals surface area (Å²) in [6.07, 6.45) is 0. The van der Waals surface area contributed by atoms with E-state index >= 15 is 0 Å². The molecular formula is C102H62N6S2. The lowest BCUT2D eigenvalue weighted by Gasteiger charge is -2.40. The molecule has 6 nitrogen and oxygen atoms in total. The summed E-state index contributed by atoms with van der Waals surface area (Å²) < 4.78 is 0. The molecule has 2 aromatic heterocycles. The lowest BCUT2D eigenvalue weighted by Crippen LogP contribution is -2.32. The van der Waals surface area contributed by atoms with Crippen LogP contribution in [0, 0.1) is 22.7 Å². The third-order valence-electron chi connectivity index (χ3n) is 22.0. The van der Waals surface area contributed by atoms with Gasteiger partial charge in [0.25, 0.3) is 0 Å². The molecule has 512 valence electrons. The summed E-state index contributed by atoms with van der Waals surface area (Å²) in [5.41, 5.74) is 31.6. The molecule has 0 saturated carbocycles. The summed E-state index contributed by atoms with van der Waals surface area (Å²) in [5.74, 6) is 1.39. The number of benzene rings is 15. The summed E-state index contributed by atoms with van der Waals surface area (Å²) in [4.78, 5) is 25.3. The van der Waals surface area contributed by atoms with Crippen molar-refractivity contribution in [3.8, 4) is 136 Å². The lowest BCUT2D eigenvalue weighted by atomic mass is 9.67. The van der Waals surface area contributed by atoms with Crippen molar-refractivity contribution in [1.29, 1.82) is 10.5 Å². The summed E-state index contributed by atoms with van der Waals surface area (Å²) in [6, 6.07) is 137. The highest BCUT2D eigenvalue weighted by atomic mass is 32.2. The van der Waals surface area contributed by atoms with Gasteiger partial charge in [0.2, 0.25) is 0 Å². The fourth-order valence-corrected chi connectivity index (χ4v) is 19.8. The zero-order valence-electron chi connectivity index (χ0n) is 59.3. The first-order valence-electron chi connectivity index (χ1n) is 36.8. The quantitative estimate of drug-likeness (QED) is 0.141. The smallest absolute Gasteiger partial charge is 0.160 e. The Kier molecular flexibility index (Phi) is 16.2. The second-order valence-electron chi connectivity index (χ2n) is 28.0. The van der Waals surface area contributed by atoms with Crippen molar-refractivity contribution >= 4 is 23.5 Å². The molecule has 0 saturated heterocycles. The van der Waals surface area contributed by atoms with Gasteiger partial charge < -0.3 is 0 Å². The number of fused-ring (bicyclic) bond motifs is 18. The van der Waals surface area contributed by atoms with Crippen molar-refractivity contribution in [3.63, 3.8) is 0 Å². The van der Waals surface area contributed by atoms with Gasteiger partial charge >= 0.3 is 0 Å². The fourth-order valence-electron chi connectivity index (χ4n) is 17.3. The van der Waals surface area contributed by atoms with Crippen molar-refractivity contribution < 1.29 is 0 Å². The Bertz CT molecular complexity index is 6550. The van der Waals surface area contributed by atoms with Crippen LogP contribution < -0.4 is 0 Å². The Morgan fingerprint density at radius 2 is 0.591 bits per heavy atom. The van der Waals surface area contributed by atoms with Crippen LogP contribution >= 0.6 is 23.5 Å². The normalized spacial score (nSPS) is 14.7. The molecular weight excluding hydrogens is 1370 g/mol. The van der Waals surface area contributed by atoms with Crippen LogP contribution in [-0.2, 0) is 10.8 Å². The van der Waals surface area contributed by atoms with E-state index in [1.165, 1.54) is 92.6 Å². The van der Waals surface area contributed by atoms with Gasteiger partial charge in [-0.2, -0.15) is 10.5 Å². The first kappa shape index (κ1) is 65.6. The zero-order chi connectivity index (χ0) is 73.3. The van der Waals surface area contributed by atoms with E-state index in [-0.39, 0.29) is 0 Å². The minimum absolute atomic E-state index is 0.547. The van der Waals surface area contributed by atoms with Crippen LogP contribution in [0.5, 0.6) is 0 Å². The van der Waals surface area contributed by atoms with Crippen LogP contribution in [0.4, 0.5) is 0 Å². The molecule has 2 unspecified atom stereocenters. The van der Waals surface area contributed by atoms with E-state index in [9.17, 15) is 10.5 Å². The predicted molar refractivity (Wildman–Crippen MR) is 445 cm³/mol. The minimum atomic E-state index is -0.580. The SMILES string of the molecule is N#Cc1ccc(-c2cccc3c2Sc2ccccc2C32c3ccccc3-c3c(-c4cc(-c5cccc(-c6ccccc6)c5)nc(-c5ccccc5)n4)cccc32)cc1.N#Cc1cccc2c1Sc1ccccc1C21c2ccccc2-c2c(-c3ccc(-c4cc(-c5ccccc5)nc(-c5ccccc5)n4)cc3)cccc21. The van der Waals surface area contributed by atoms with Gasteiger partial charge in [-0.25, -0.2) is 19.9 Å². The molecule has 8 heteroatoms. The molecule has 15 aromatic carbocycles. The number of rotatable bonds is 9. The molecule has 0 amide bonds. The number of aromatic nitrogens is 4. The molecule has 0 bridgehead atoms. The number of hydrogen-bond acceptors (Lipinski definition) is 8. The number of nitrogens with zero attached hydrogens (tertiary/aromatic N) is 6. The molecule has 17 aromatic rings. The highest BCUT2D eigenvalue weighted by Crippen LogP contribution is 2.66. The van der Waals surface area contributed by atoms with Gasteiger partial charge in [-0.1, -0.05) is 351 Å². The molecule has 2 aliphatic heterocycles. The van der Waals surface area contributed by atoms with E-state index in [0.29, 0.717) is 22.8 Å². The molecule has 4 heterocycles. The maximum absolute atomic E-state index is 10.2. The Morgan fingerprint density at radius 3 is 1.16 bits per heavy atom. The summed E-state index contributed by atoms with van der Waals surface area (Å²) in [5, 5.41) is 19.8. The van der Waals surface area contributed by atoms with Crippen molar-refractivity contribution in [2.75, 3.05) is 0 Å². The molecule has 21 rings (SSSR count). The molecule has 0 N–H and O–H groups in total. The van der Waals surface area contributed by atoms with Crippen LogP contribution in [0.1, 0.15) is 55.6 Å². The molecule has 2 aliphatic carbocycles. The van der Waals surface area contributed by atoms with Gasteiger partial charge in [0.1, 0.15) is 6.07 Å². The Balaban J connectivity index is 0.000000145. The van der Waals surface area contributed by atoms with Crippen molar-refractivity contribution in [2.24, 2.45) is 0 Å². The van der Waals surface area contributed by atoms with Crippen LogP contribution in [0.2, 0.25) is 0 Å². The van der Waals surface area contributed by atoms with Gasteiger partial charge in [0.05, 0.1) is 50.8 Å². The van der Waals surface area contributed by atoms with E-state index in [0.717, 1.165) is 83.3 Å². The first-order chi connectivity index (χ1) is 54.4. The molecule has 110 heavy (non-hydrogen) atoms. The standard InChI is InChI=1S/C54H33N3S.C48H29N3S/c55-34-35-28-30-37(31-29-35)41-21-12-26-47-52(41)58-50-27-10-9-24-45(50)54(47)44-23-8-7-20-42(44)51-43(22-13-25-46(51)54)49-33-48(56-53(57-49)38-16-5-2-6-17-38)40-19-11-18-39(32-40)36-14-3-1-4-15-36;49-30-35-17-11-23-41-46(35)52-44-24-10-9-21-39(44)48(41)38-20-8-7-18-37(38)45-36(19-12-22-40(45)48)31-25-27-33(28-26-31)43-29-42(32-13-3-1-4-14-32)50-47(51-43)34-15-5-2-6-16-34/h1-33H;1-29H. The van der Waals surface area contributed by atoms with Crippen LogP contribution in [-0.4, -0.2) is 19.9 Å². The maximum atomic E-state index is 10.2. The Hall–Kier alpha value is -13.9. The molecule has 0 radical (unpaired) electrons. The molecule has 2 atom stereocenters. The largest absolute Gasteiger partial charge is 0.228 e. The van der Waals surface area contributed by atoms with E-state index in [1.807, 2.05) is 90.6 Å². The van der Waals surface area contributed by atoms with Crippen molar-refractivity contribution in [1.82, 2.24) is 19.9 Å². The predicted octanol–water partition coefficient (Wildman–Crippen LogP) is 25.4. The zero-order valence-corrected chi connectivity index (χ0v) is 60.9. The molecule has 4 aliphatic rings. The van der Waals surface area contributed by atoms with E-state index < -0.39 is 10.8 Å². The lowest BCUT2D eigenvalue weighted by molar-refractivity contribution is 0.721. The van der Waals surface area contributed by atoms with Crippen LogP contribution in [0.15, 0.2) is 396 Å². The van der Waals surface area contributed by atoms with Crippen molar-refractivity contribution in [3.05, 3.63) is 432 Å². The number of nitriles is 2. The van der Waals surface area contributed by atoms with Gasteiger partial charge in [-0.15, -0.1) is 0 Å². The minimum Gasteiger partial charge on any atom is -0.228 e. The fraction of sp³-hybridized carbons (Fsp3) is 0.0196. The topological polar surface area (TPSA) is 99.1 Å². The highest BCUT2D eigenvalue weighted by Gasteiger charge is 2.53. The Labute approximate surface area is 647 Å². The van der Waals surface area contributed by atoms with Gasteiger partial charge in [-0.3, -0.25) is 0 Å². The van der Waals surface area contributed by atoms with E-state index in [1.54, 1.807) is 11.8 Å². The summed E-state index contributed by atoms with van der Waals surface area (Å²) in [6.45, 7) is 0. The average Bonchev–Trinajstić information content (AvgIpc) is 1.49. The first-order valence-corrected chi connectivity index (χ1v) is 38.5. The van der Waals surface area contributed by atoms with Crippen LogP contribution in [0.25, 0.3) is 123 Å². The van der Waals surface area contributed by atoms with Gasteiger partial charge in [-0.05, 0) is 149 Å². The summed E-state index contributed by atoms with van der Waals surface area (Å²) >= 11 is 3.55. The third-order valence-corrected chi connectivity index (χ3v) is 24.5. The van der Waals surface area contributed by atoms with Crippen molar-refractivity contribution in [2.45, 2.75) is 30.4 Å². The average molecular weight is 1440 g/mol. The van der Waals surface area contributed by atoms with E-state index in [2.05, 4.69) is 309 Å². The van der Waals surface area contributed by atoms with Gasteiger partial charge in [0, 0.05) is 53.0 Å². The highest BCUT2D eigenvalue weighted by molar-refractivity contribution is 8.00. The summed E-state index contributed by atoms with van der Waals surface area (Å²) in [7, 11) is 0. The molecule has 0 fully saturated rings. The second kappa shape index (κ2) is 27.2. The molecule has 2 spiro atoms. The van der Waals surface area contributed by atoms with Gasteiger partial charge in [0.15, 0.2) is 11.6 Å². The monoisotopic (exact) mass is 1430 g/mol. The second-order valence-corrected chi connectivity index (χ2v) is 30.1. The van der Waals surface area contributed by atoms with Crippen LogP contribution in [0.3, 0.4) is 0 Å². The third kappa shape index (κ3) is 10.7. The maximum Gasteiger partial charge on any atom is 0.160 e.